The molecule has 0 bridgehead atoms. The van der Waals surface area contributed by atoms with Gasteiger partial charge in [-0.3, -0.25) is 4.79 Å². The van der Waals surface area contributed by atoms with Crippen LogP contribution in [0.5, 0.6) is 0 Å². The average Bonchev–Trinajstić information content (AvgIpc) is 3.44. The standard InChI is InChI=1S/C19H22N2OS/c20-12-18(15-10-11-15)21-19(22)16-8-6-14(7-9-16)13-23-17-4-2-1-3-5-17/h1-9,15,18H,10-13,20H2,(H,21,22). The van der Waals surface area contributed by atoms with Crippen molar-refractivity contribution in [3.63, 3.8) is 0 Å². The molecule has 1 fully saturated rings. The monoisotopic (exact) mass is 326 g/mol. The lowest BCUT2D eigenvalue weighted by Gasteiger charge is -2.16. The molecule has 1 saturated carbocycles. The third-order valence-corrected chi connectivity index (χ3v) is 5.21. The van der Waals surface area contributed by atoms with Gasteiger partial charge in [-0.25, -0.2) is 0 Å². The van der Waals surface area contributed by atoms with Crippen LogP contribution in [0.3, 0.4) is 0 Å². The van der Waals surface area contributed by atoms with Crippen LogP contribution in [0.25, 0.3) is 0 Å². The summed E-state index contributed by atoms with van der Waals surface area (Å²) in [4.78, 5) is 13.5. The van der Waals surface area contributed by atoms with Crippen LogP contribution in [-0.2, 0) is 5.75 Å². The number of benzene rings is 2. The van der Waals surface area contributed by atoms with Gasteiger partial charge in [0.1, 0.15) is 0 Å². The number of rotatable bonds is 7. The lowest BCUT2D eigenvalue weighted by atomic mass is 10.1. The summed E-state index contributed by atoms with van der Waals surface area (Å²) in [5, 5.41) is 3.05. The first-order valence-electron chi connectivity index (χ1n) is 8.04. The van der Waals surface area contributed by atoms with Gasteiger partial charge in [0, 0.05) is 28.8 Å². The predicted octanol–water partition coefficient (Wildman–Crippen LogP) is 3.45. The summed E-state index contributed by atoms with van der Waals surface area (Å²) in [6.07, 6.45) is 2.36. The molecule has 0 saturated heterocycles. The Labute approximate surface area is 141 Å². The van der Waals surface area contributed by atoms with Crippen molar-refractivity contribution in [2.45, 2.75) is 29.5 Å². The fourth-order valence-electron chi connectivity index (χ4n) is 2.56. The van der Waals surface area contributed by atoms with Gasteiger partial charge in [0.15, 0.2) is 0 Å². The maximum atomic E-state index is 12.3. The molecule has 2 aromatic carbocycles. The maximum Gasteiger partial charge on any atom is 0.251 e. The molecule has 23 heavy (non-hydrogen) atoms. The van der Waals surface area contributed by atoms with E-state index in [4.69, 9.17) is 5.73 Å². The maximum absolute atomic E-state index is 12.3. The van der Waals surface area contributed by atoms with Crippen molar-refractivity contribution in [2.24, 2.45) is 11.7 Å². The highest BCUT2D eigenvalue weighted by molar-refractivity contribution is 7.98. The summed E-state index contributed by atoms with van der Waals surface area (Å²) in [5.41, 5.74) is 7.66. The average molecular weight is 326 g/mol. The SMILES string of the molecule is NCC(NC(=O)c1ccc(CSc2ccccc2)cc1)C1CC1. The normalized spacial score (nSPS) is 15.2. The van der Waals surface area contributed by atoms with Crippen molar-refractivity contribution in [1.29, 1.82) is 0 Å². The van der Waals surface area contributed by atoms with E-state index in [2.05, 4.69) is 17.4 Å². The molecular weight excluding hydrogens is 304 g/mol. The molecule has 3 rings (SSSR count). The number of carbonyl (C=O) groups is 1. The molecule has 3 nitrogen and oxygen atoms in total. The first-order valence-corrected chi connectivity index (χ1v) is 9.02. The van der Waals surface area contributed by atoms with Crippen LogP contribution in [-0.4, -0.2) is 18.5 Å². The van der Waals surface area contributed by atoms with Crippen LogP contribution in [0.2, 0.25) is 0 Å². The summed E-state index contributed by atoms with van der Waals surface area (Å²) in [6, 6.07) is 18.3. The fourth-order valence-corrected chi connectivity index (χ4v) is 3.43. The molecule has 1 aliphatic carbocycles. The summed E-state index contributed by atoms with van der Waals surface area (Å²) in [7, 11) is 0. The van der Waals surface area contributed by atoms with Crippen LogP contribution < -0.4 is 11.1 Å². The molecule has 2 aromatic rings. The topological polar surface area (TPSA) is 55.1 Å². The van der Waals surface area contributed by atoms with Crippen molar-refractivity contribution in [3.8, 4) is 0 Å². The van der Waals surface area contributed by atoms with E-state index in [-0.39, 0.29) is 11.9 Å². The Bertz CT molecular complexity index is 638. The largest absolute Gasteiger partial charge is 0.348 e. The number of amides is 1. The summed E-state index contributed by atoms with van der Waals surface area (Å²) in [5.74, 6) is 1.46. The summed E-state index contributed by atoms with van der Waals surface area (Å²) in [6.45, 7) is 0.516. The highest BCUT2D eigenvalue weighted by Crippen LogP contribution is 2.32. The summed E-state index contributed by atoms with van der Waals surface area (Å²) < 4.78 is 0. The minimum absolute atomic E-state index is 0.0189. The van der Waals surface area contributed by atoms with Crippen LogP contribution in [0.15, 0.2) is 59.5 Å². The molecule has 1 aliphatic rings. The molecule has 1 atom stereocenters. The molecule has 3 N–H and O–H groups in total. The fraction of sp³-hybridized carbons (Fsp3) is 0.316. The van der Waals surface area contributed by atoms with E-state index in [1.54, 1.807) is 11.8 Å². The van der Waals surface area contributed by atoms with Crippen molar-refractivity contribution < 1.29 is 4.79 Å². The van der Waals surface area contributed by atoms with Crippen molar-refractivity contribution in [2.75, 3.05) is 6.54 Å². The minimum Gasteiger partial charge on any atom is -0.348 e. The molecule has 0 heterocycles. The molecular formula is C19H22N2OS. The molecule has 1 amide bonds. The lowest BCUT2D eigenvalue weighted by molar-refractivity contribution is 0.0933. The summed E-state index contributed by atoms with van der Waals surface area (Å²) >= 11 is 1.80. The Hall–Kier alpha value is -1.78. The van der Waals surface area contributed by atoms with Gasteiger partial charge in [-0.2, -0.15) is 0 Å². The number of hydrogen-bond acceptors (Lipinski definition) is 3. The Morgan fingerprint density at radius 3 is 2.43 bits per heavy atom. The van der Waals surface area contributed by atoms with Crippen molar-refractivity contribution in [3.05, 3.63) is 65.7 Å². The second kappa shape index (κ2) is 7.66. The third-order valence-electron chi connectivity index (χ3n) is 4.13. The Kier molecular flexibility index (Phi) is 5.36. The third kappa shape index (κ3) is 4.60. The zero-order chi connectivity index (χ0) is 16.1. The van der Waals surface area contributed by atoms with E-state index >= 15 is 0 Å². The predicted molar refractivity (Wildman–Crippen MR) is 95.5 cm³/mol. The first kappa shape index (κ1) is 16.1. The number of nitrogens with one attached hydrogen (secondary N) is 1. The Balaban J connectivity index is 1.54. The van der Waals surface area contributed by atoms with Crippen LogP contribution in [0.1, 0.15) is 28.8 Å². The van der Waals surface area contributed by atoms with E-state index in [1.807, 2.05) is 42.5 Å². The van der Waals surface area contributed by atoms with Crippen LogP contribution >= 0.6 is 11.8 Å². The smallest absolute Gasteiger partial charge is 0.251 e. The van der Waals surface area contributed by atoms with Gasteiger partial charge in [-0.05, 0) is 48.6 Å². The van der Waals surface area contributed by atoms with Gasteiger partial charge < -0.3 is 11.1 Å². The Morgan fingerprint density at radius 2 is 1.83 bits per heavy atom. The van der Waals surface area contributed by atoms with Crippen molar-refractivity contribution in [1.82, 2.24) is 5.32 Å². The number of thioether (sulfide) groups is 1. The van der Waals surface area contributed by atoms with E-state index in [1.165, 1.54) is 23.3 Å². The van der Waals surface area contributed by atoms with Crippen LogP contribution in [0, 0.1) is 5.92 Å². The van der Waals surface area contributed by atoms with E-state index < -0.39 is 0 Å². The van der Waals surface area contributed by atoms with E-state index in [9.17, 15) is 4.79 Å². The molecule has 1 unspecified atom stereocenters. The first-order chi connectivity index (χ1) is 11.3. The van der Waals surface area contributed by atoms with Gasteiger partial charge in [-0.1, -0.05) is 30.3 Å². The lowest BCUT2D eigenvalue weighted by Crippen LogP contribution is -2.41. The second-order valence-electron chi connectivity index (χ2n) is 5.95. The highest BCUT2D eigenvalue weighted by atomic mass is 32.2. The molecule has 0 spiro atoms. The minimum atomic E-state index is -0.0189. The number of nitrogens with two attached hydrogens (primary N) is 1. The highest BCUT2D eigenvalue weighted by Gasteiger charge is 2.31. The number of carbonyl (C=O) groups excluding carboxylic acids is 1. The van der Waals surface area contributed by atoms with Crippen molar-refractivity contribution >= 4 is 17.7 Å². The quantitative estimate of drug-likeness (QED) is 0.766. The van der Waals surface area contributed by atoms with Gasteiger partial charge in [0.2, 0.25) is 0 Å². The molecule has 120 valence electrons. The van der Waals surface area contributed by atoms with Gasteiger partial charge in [-0.15, -0.1) is 11.8 Å². The number of hydrogen-bond donors (Lipinski definition) is 2. The van der Waals surface area contributed by atoms with Gasteiger partial charge in [0.25, 0.3) is 5.91 Å². The van der Waals surface area contributed by atoms with E-state index in [0.29, 0.717) is 18.0 Å². The molecule has 0 radical (unpaired) electrons. The van der Waals surface area contributed by atoms with Gasteiger partial charge in [0.05, 0.1) is 0 Å². The molecule has 4 heteroatoms. The van der Waals surface area contributed by atoms with Crippen LogP contribution in [0.4, 0.5) is 0 Å². The second-order valence-corrected chi connectivity index (χ2v) is 7.00. The molecule has 0 aliphatic heterocycles. The van der Waals surface area contributed by atoms with E-state index in [0.717, 1.165) is 5.75 Å². The Morgan fingerprint density at radius 1 is 1.13 bits per heavy atom. The zero-order valence-corrected chi connectivity index (χ0v) is 13.9. The zero-order valence-electron chi connectivity index (χ0n) is 13.1. The van der Waals surface area contributed by atoms with Gasteiger partial charge >= 0.3 is 0 Å². The molecule has 0 aromatic heterocycles.